The van der Waals surface area contributed by atoms with Crippen LogP contribution in [0.3, 0.4) is 0 Å². The number of nitrogens with one attached hydrogen (secondary N) is 1. The Balaban J connectivity index is 1.51. The van der Waals surface area contributed by atoms with E-state index in [1.54, 1.807) is 54.3 Å². The highest BCUT2D eigenvalue weighted by Crippen LogP contribution is 2.39. The van der Waals surface area contributed by atoms with Gasteiger partial charge in [0.25, 0.3) is 5.91 Å². The van der Waals surface area contributed by atoms with Crippen molar-refractivity contribution in [2.24, 2.45) is 5.14 Å². The number of carbonyl (C=O) groups excluding carboxylic acids is 2. The SMILES string of the molecule is Cc1cc2nc(C(Cc3ccccc3)(C(=O)NCCS(N)(=O)=O)[SH](=O)=O)sc2cc1-c1ccc(C(=O)N2CC(C)(O)C2)cc1. The van der Waals surface area contributed by atoms with Crippen LogP contribution >= 0.6 is 11.3 Å². The first-order chi connectivity index (χ1) is 20.7. The number of carbonyl (C=O) groups is 2. The number of fused-ring (bicyclic) bond motifs is 1. The fourth-order valence-electron chi connectivity index (χ4n) is 5.28. The molecule has 1 fully saturated rings. The van der Waals surface area contributed by atoms with Gasteiger partial charge in [-0.1, -0.05) is 42.5 Å². The van der Waals surface area contributed by atoms with Crippen LogP contribution in [0, 0.1) is 6.92 Å². The molecule has 14 heteroatoms. The molecule has 1 atom stereocenters. The number of thiazole rings is 1. The Morgan fingerprint density at radius 2 is 1.77 bits per heavy atom. The number of hydrogen-bond acceptors (Lipinski definition) is 9. The lowest BCUT2D eigenvalue weighted by atomic mass is 9.95. The van der Waals surface area contributed by atoms with Crippen LogP contribution in [0.15, 0.2) is 66.7 Å². The minimum Gasteiger partial charge on any atom is -0.386 e. The summed E-state index contributed by atoms with van der Waals surface area (Å²) in [7, 11) is -7.33. The lowest BCUT2D eigenvalue weighted by Crippen LogP contribution is -2.61. The zero-order chi connectivity index (χ0) is 31.9. The summed E-state index contributed by atoms with van der Waals surface area (Å²) in [6, 6.07) is 19.5. The van der Waals surface area contributed by atoms with E-state index in [0.717, 1.165) is 28.0 Å². The Bertz CT molecular complexity index is 1910. The number of primary sulfonamides is 1. The molecule has 4 aromatic rings. The maximum Gasteiger partial charge on any atom is 0.254 e. The second-order valence-corrected chi connectivity index (χ2v) is 15.3. The van der Waals surface area contributed by atoms with E-state index >= 15 is 0 Å². The summed E-state index contributed by atoms with van der Waals surface area (Å²) in [5.74, 6) is -1.60. The highest BCUT2D eigenvalue weighted by molar-refractivity contribution is 7.89. The first-order valence-electron chi connectivity index (χ1n) is 13.7. The minimum absolute atomic E-state index is 0.0588. The Morgan fingerprint density at radius 1 is 1.11 bits per heavy atom. The number of rotatable bonds is 10. The second-order valence-electron chi connectivity index (χ2n) is 11.3. The number of likely N-dealkylation sites (tertiary alicyclic amines) is 1. The molecule has 1 aliphatic heterocycles. The number of benzene rings is 3. The van der Waals surface area contributed by atoms with Crippen molar-refractivity contribution in [3.8, 4) is 11.1 Å². The van der Waals surface area contributed by atoms with Crippen LogP contribution < -0.4 is 10.5 Å². The van der Waals surface area contributed by atoms with Gasteiger partial charge in [0.1, 0.15) is 5.01 Å². The topological polar surface area (TPSA) is 177 Å². The van der Waals surface area contributed by atoms with Crippen molar-refractivity contribution in [1.29, 1.82) is 0 Å². The summed E-state index contributed by atoms with van der Waals surface area (Å²) in [6.07, 6.45) is -0.207. The Hall–Kier alpha value is -3.69. The maximum absolute atomic E-state index is 13.6. The summed E-state index contributed by atoms with van der Waals surface area (Å²) >= 11 is 1.08. The quantitative estimate of drug-likeness (QED) is 0.187. The van der Waals surface area contributed by atoms with Crippen LogP contribution in [0.25, 0.3) is 21.3 Å². The van der Waals surface area contributed by atoms with E-state index in [2.05, 4.69) is 10.3 Å². The van der Waals surface area contributed by atoms with Gasteiger partial charge in [-0.05, 0) is 60.4 Å². The number of aliphatic hydroxyl groups is 1. The van der Waals surface area contributed by atoms with Gasteiger partial charge in [-0.2, -0.15) is 0 Å². The van der Waals surface area contributed by atoms with Gasteiger partial charge in [-0.25, -0.2) is 27.0 Å². The molecule has 1 aliphatic rings. The van der Waals surface area contributed by atoms with E-state index in [0.29, 0.717) is 21.3 Å². The standard InChI is InChI=1S/C30H32N4O7S3/c1-19-14-24-25(15-23(19)21-8-10-22(11-9-21)26(35)34-17-29(2,37)18-34)42-28(33-24)30(43(38)39,16-20-6-4-3-5-7-20)27(36)32-12-13-44(31,40)41/h3-11,14-15,37,43H,12-13,16-18H2,1-2H3,(H,32,36)(H2,31,40,41). The van der Waals surface area contributed by atoms with E-state index in [4.69, 9.17) is 5.14 Å². The average Bonchev–Trinajstić information content (AvgIpc) is 3.36. The predicted octanol–water partition coefficient (Wildman–Crippen LogP) is 1.93. The van der Waals surface area contributed by atoms with Gasteiger partial charge in [0.2, 0.25) is 20.7 Å². The van der Waals surface area contributed by atoms with E-state index < -0.39 is 42.7 Å². The number of thiol groups is 1. The van der Waals surface area contributed by atoms with Gasteiger partial charge in [-0.15, -0.1) is 11.3 Å². The first kappa shape index (κ1) is 31.7. The molecule has 2 heterocycles. The molecule has 1 unspecified atom stereocenters. The van der Waals surface area contributed by atoms with Gasteiger partial charge < -0.3 is 15.3 Å². The molecule has 0 aliphatic carbocycles. The smallest absolute Gasteiger partial charge is 0.254 e. The van der Waals surface area contributed by atoms with Crippen molar-refractivity contribution >= 4 is 54.1 Å². The van der Waals surface area contributed by atoms with E-state index in [1.165, 1.54) is 0 Å². The largest absolute Gasteiger partial charge is 0.386 e. The normalized spacial score (nSPS) is 16.0. The van der Waals surface area contributed by atoms with Crippen molar-refractivity contribution in [2.75, 3.05) is 25.4 Å². The predicted molar refractivity (Wildman–Crippen MR) is 169 cm³/mol. The molecule has 1 saturated heterocycles. The zero-order valence-electron chi connectivity index (χ0n) is 24.0. The van der Waals surface area contributed by atoms with Crippen molar-refractivity contribution in [2.45, 2.75) is 30.6 Å². The van der Waals surface area contributed by atoms with Crippen LogP contribution in [0.4, 0.5) is 0 Å². The summed E-state index contributed by atoms with van der Waals surface area (Å²) in [5.41, 5.74) is 3.26. The molecule has 5 rings (SSSR count). The van der Waals surface area contributed by atoms with E-state index in [1.807, 2.05) is 31.2 Å². The summed E-state index contributed by atoms with van der Waals surface area (Å²) < 4.78 is 47.5. The van der Waals surface area contributed by atoms with Crippen molar-refractivity contribution in [1.82, 2.24) is 15.2 Å². The van der Waals surface area contributed by atoms with Crippen molar-refractivity contribution in [3.05, 3.63) is 88.4 Å². The van der Waals surface area contributed by atoms with E-state index in [-0.39, 0.29) is 37.0 Å². The molecule has 0 spiro atoms. The molecule has 44 heavy (non-hydrogen) atoms. The number of aromatic nitrogens is 1. The third-order valence-electron chi connectivity index (χ3n) is 7.54. The highest BCUT2D eigenvalue weighted by Gasteiger charge is 2.47. The lowest BCUT2D eigenvalue weighted by molar-refractivity contribution is -0.123. The molecular formula is C30H32N4O7S3. The number of hydrogen-bond donors (Lipinski definition) is 4. The fourth-order valence-corrected chi connectivity index (χ4v) is 7.87. The third-order valence-corrected chi connectivity index (χ3v) is 10.8. The number of nitrogens with two attached hydrogens (primary N) is 1. The molecule has 1 aromatic heterocycles. The van der Waals surface area contributed by atoms with Crippen LogP contribution in [0.5, 0.6) is 0 Å². The van der Waals surface area contributed by atoms with Gasteiger partial charge in [0.05, 0.1) is 34.7 Å². The minimum atomic E-state index is -3.89. The molecule has 2 amide bonds. The number of aryl methyl sites for hydroxylation is 1. The van der Waals surface area contributed by atoms with Crippen LogP contribution in [0.2, 0.25) is 0 Å². The lowest BCUT2D eigenvalue weighted by Gasteiger charge is -2.44. The molecule has 0 radical (unpaired) electrons. The molecule has 0 saturated carbocycles. The number of β-amino-alcohol motifs (C(OH)–C–C–N with tert-alkyl or cyclic N) is 1. The first-order valence-corrected chi connectivity index (χ1v) is 17.4. The molecule has 0 bridgehead atoms. The molecule has 11 nitrogen and oxygen atoms in total. The van der Waals surface area contributed by atoms with Crippen molar-refractivity contribution < 1.29 is 31.5 Å². The zero-order valence-corrected chi connectivity index (χ0v) is 26.5. The highest BCUT2D eigenvalue weighted by atomic mass is 32.2. The fraction of sp³-hybridized carbons (Fsp3) is 0.300. The number of amides is 2. The monoisotopic (exact) mass is 656 g/mol. The molecule has 3 aromatic carbocycles. The summed E-state index contributed by atoms with van der Waals surface area (Å²) in [5, 5.41) is 17.5. The van der Waals surface area contributed by atoms with Gasteiger partial charge in [0.15, 0.2) is 10.7 Å². The van der Waals surface area contributed by atoms with E-state index in [9.17, 15) is 31.5 Å². The Morgan fingerprint density at radius 3 is 2.36 bits per heavy atom. The average molecular weight is 657 g/mol. The van der Waals surface area contributed by atoms with Crippen molar-refractivity contribution in [3.63, 3.8) is 0 Å². The summed E-state index contributed by atoms with van der Waals surface area (Å²) in [6.45, 7) is 3.77. The van der Waals surface area contributed by atoms with Gasteiger partial charge in [0, 0.05) is 18.5 Å². The number of sulfonamides is 1. The Labute approximate surface area is 260 Å². The van der Waals surface area contributed by atoms with Crippen LogP contribution in [-0.4, -0.2) is 74.6 Å². The van der Waals surface area contributed by atoms with Crippen LogP contribution in [-0.2, 0) is 36.7 Å². The maximum atomic E-state index is 13.6. The third kappa shape index (κ3) is 6.54. The second kappa shape index (κ2) is 12.0. The molecular weight excluding hydrogens is 625 g/mol. The Kier molecular flexibility index (Phi) is 8.66. The van der Waals surface area contributed by atoms with Gasteiger partial charge in [-0.3, -0.25) is 9.59 Å². The summed E-state index contributed by atoms with van der Waals surface area (Å²) in [4.78, 5) is 32.6. The molecule has 232 valence electrons. The van der Waals surface area contributed by atoms with Crippen LogP contribution in [0.1, 0.15) is 33.4 Å². The van der Waals surface area contributed by atoms with Gasteiger partial charge >= 0.3 is 0 Å². The number of nitrogens with zero attached hydrogens (tertiary/aromatic N) is 2. The molecule has 4 N–H and O–H groups in total.